The minimum atomic E-state index is -0.121. The Balaban J connectivity index is 1.41. The maximum atomic E-state index is 12.6. The first-order valence-corrected chi connectivity index (χ1v) is 10.1. The van der Waals surface area contributed by atoms with E-state index in [-0.39, 0.29) is 11.9 Å². The van der Waals surface area contributed by atoms with Crippen LogP contribution in [0.1, 0.15) is 12.5 Å². The van der Waals surface area contributed by atoms with E-state index >= 15 is 0 Å². The number of carbonyl (C=O) groups is 1. The van der Waals surface area contributed by atoms with Crippen molar-refractivity contribution in [1.82, 2.24) is 10.2 Å². The lowest BCUT2D eigenvalue weighted by Gasteiger charge is -2.38. The normalized spacial score (nSPS) is 15.6. The van der Waals surface area contributed by atoms with E-state index in [1.54, 1.807) is 14.2 Å². The summed E-state index contributed by atoms with van der Waals surface area (Å²) in [4.78, 5) is 17.2. The number of nitrogens with zero attached hydrogens (tertiary/aromatic N) is 2. The Bertz CT molecular complexity index is 769. The second-order valence-corrected chi connectivity index (χ2v) is 7.29. The number of ether oxygens (including phenoxy) is 2. The van der Waals surface area contributed by atoms with Crippen molar-refractivity contribution in [2.45, 2.75) is 19.4 Å². The van der Waals surface area contributed by atoms with Gasteiger partial charge in [0.05, 0.1) is 20.3 Å². The molecule has 1 aliphatic heterocycles. The molecular weight excluding hydrogens is 366 g/mol. The van der Waals surface area contributed by atoms with E-state index in [4.69, 9.17) is 9.47 Å². The van der Waals surface area contributed by atoms with Crippen molar-refractivity contribution in [2.75, 3.05) is 51.8 Å². The minimum absolute atomic E-state index is 0.0939. The van der Waals surface area contributed by atoms with Gasteiger partial charge in [-0.1, -0.05) is 12.1 Å². The van der Waals surface area contributed by atoms with E-state index in [9.17, 15) is 4.79 Å². The molecule has 2 aromatic rings. The van der Waals surface area contributed by atoms with Gasteiger partial charge in [0.2, 0.25) is 5.91 Å². The zero-order valence-corrected chi connectivity index (χ0v) is 17.6. The number of rotatable bonds is 8. The number of piperazine rings is 1. The van der Waals surface area contributed by atoms with E-state index in [0.717, 1.165) is 44.1 Å². The van der Waals surface area contributed by atoms with Crippen molar-refractivity contribution in [2.24, 2.45) is 0 Å². The first kappa shape index (κ1) is 21.0. The number of benzene rings is 2. The van der Waals surface area contributed by atoms with Crippen LogP contribution in [-0.4, -0.2) is 63.8 Å². The summed E-state index contributed by atoms with van der Waals surface area (Å²) >= 11 is 0. The minimum Gasteiger partial charge on any atom is -0.497 e. The Morgan fingerprint density at radius 2 is 1.48 bits per heavy atom. The summed E-state index contributed by atoms with van der Waals surface area (Å²) in [6, 6.07) is 16.0. The fourth-order valence-electron chi connectivity index (χ4n) is 3.60. The van der Waals surface area contributed by atoms with Gasteiger partial charge in [0, 0.05) is 38.4 Å². The smallest absolute Gasteiger partial charge is 0.237 e. The maximum absolute atomic E-state index is 12.6. The third kappa shape index (κ3) is 5.64. The Morgan fingerprint density at radius 3 is 2.03 bits per heavy atom. The number of hydrogen-bond donors (Lipinski definition) is 1. The number of nitrogens with one attached hydrogen (secondary N) is 1. The number of methoxy groups -OCH3 is 2. The predicted octanol–water partition coefficient (Wildman–Crippen LogP) is 2.57. The average Bonchev–Trinajstić information content (AvgIpc) is 2.79. The Kier molecular flexibility index (Phi) is 7.36. The third-order valence-electron chi connectivity index (χ3n) is 5.55. The van der Waals surface area contributed by atoms with Gasteiger partial charge in [-0.3, -0.25) is 9.69 Å². The molecule has 29 heavy (non-hydrogen) atoms. The van der Waals surface area contributed by atoms with Gasteiger partial charge < -0.3 is 19.7 Å². The first-order valence-electron chi connectivity index (χ1n) is 10.1. The molecule has 1 N–H and O–H groups in total. The van der Waals surface area contributed by atoms with Gasteiger partial charge in [-0.2, -0.15) is 0 Å². The molecule has 6 nitrogen and oxygen atoms in total. The summed E-state index contributed by atoms with van der Waals surface area (Å²) in [6.45, 7) is 6.21. The summed E-state index contributed by atoms with van der Waals surface area (Å²) < 4.78 is 10.4. The molecule has 1 saturated heterocycles. The van der Waals surface area contributed by atoms with Crippen molar-refractivity contribution < 1.29 is 14.3 Å². The Hall–Kier alpha value is -2.73. The predicted molar refractivity (Wildman–Crippen MR) is 116 cm³/mol. The van der Waals surface area contributed by atoms with Crippen LogP contribution in [0.15, 0.2) is 48.5 Å². The molecular formula is C23H31N3O3. The fraction of sp³-hybridized carbons (Fsp3) is 0.435. The molecule has 1 atom stereocenters. The molecule has 1 amide bonds. The molecule has 0 aliphatic carbocycles. The lowest BCUT2D eigenvalue weighted by molar-refractivity contribution is -0.125. The molecule has 156 valence electrons. The van der Waals surface area contributed by atoms with E-state index in [1.807, 2.05) is 43.3 Å². The number of amides is 1. The topological polar surface area (TPSA) is 54.0 Å². The summed E-state index contributed by atoms with van der Waals surface area (Å²) in [5, 5.41) is 3.07. The average molecular weight is 398 g/mol. The molecule has 0 radical (unpaired) electrons. The van der Waals surface area contributed by atoms with Gasteiger partial charge in [0.1, 0.15) is 11.5 Å². The van der Waals surface area contributed by atoms with Crippen LogP contribution in [0.2, 0.25) is 0 Å². The lowest BCUT2D eigenvalue weighted by Crippen LogP contribution is -2.54. The lowest BCUT2D eigenvalue weighted by atomic mass is 10.1. The molecule has 0 saturated carbocycles. The van der Waals surface area contributed by atoms with E-state index < -0.39 is 0 Å². The molecule has 1 heterocycles. The van der Waals surface area contributed by atoms with Crippen LogP contribution in [0.5, 0.6) is 11.5 Å². The highest BCUT2D eigenvalue weighted by Crippen LogP contribution is 2.21. The highest BCUT2D eigenvalue weighted by Gasteiger charge is 2.25. The van der Waals surface area contributed by atoms with Crippen LogP contribution in [0.25, 0.3) is 0 Å². The summed E-state index contributed by atoms with van der Waals surface area (Å²) in [5.74, 6) is 1.81. The van der Waals surface area contributed by atoms with Crippen LogP contribution in [0.3, 0.4) is 0 Å². The highest BCUT2D eigenvalue weighted by molar-refractivity contribution is 5.81. The standard InChI is InChI=1S/C23H31N3O3/c1-18(23(27)24-13-12-19-4-8-21(28-2)9-5-19)25-14-16-26(17-15-25)20-6-10-22(29-3)11-7-20/h4-11,18H,12-17H2,1-3H3,(H,24,27)/t18-/m0/s1. The van der Waals surface area contributed by atoms with Gasteiger partial charge in [0.25, 0.3) is 0 Å². The molecule has 6 heteroatoms. The van der Waals surface area contributed by atoms with Crippen molar-refractivity contribution in [3.8, 4) is 11.5 Å². The molecule has 1 aliphatic rings. The zero-order chi connectivity index (χ0) is 20.6. The molecule has 0 unspecified atom stereocenters. The van der Waals surface area contributed by atoms with Gasteiger partial charge in [-0.05, 0) is 55.3 Å². The van der Waals surface area contributed by atoms with Crippen LogP contribution in [0, 0.1) is 0 Å². The van der Waals surface area contributed by atoms with Crippen molar-refractivity contribution >= 4 is 11.6 Å². The van der Waals surface area contributed by atoms with E-state index in [0.29, 0.717) is 6.54 Å². The van der Waals surface area contributed by atoms with Crippen LogP contribution in [-0.2, 0) is 11.2 Å². The quantitative estimate of drug-likeness (QED) is 0.742. The fourth-order valence-corrected chi connectivity index (χ4v) is 3.60. The highest BCUT2D eigenvalue weighted by atomic mass is 16.5. The third-order valence-corrected chi connectivity index (χ3v) is 5.55. The molecule has 0 bridgehead atoms. The van der Waals surface area contributed by atoms with Crippen LogP contribution < -0.4 is 19.7 Å². The van der Waals surface area contributed by atoms with Crippen LogP contribution >= 0.6 is 0 Å². The molecule has 3 rings (SSSR count). The Labute approximate surface area is 173 Å². The zero-order valence-electron chi connectivity index (χ0n) is 17.6. The van der Waals surface area contributed by atoms with Crippen molar-refractivity contribution in [1.29, 1.82) is 0 Å². The maximum Gasteiger partial charge on any atom is 0.237 e. The monoisotopic (exact) mass is 397 g/mol. The molecule has 0 spiro atoms. The number of carbonyl (C=O) groups excluding carboxylic acids is 1. The van der Waals surface area contributed by atoms with Crippen molar-refractivity contribution in [3.05, 3.63) is 54.1 Å². The summed E-state index contributed by atoms with van der Waals surface area (Å²) in [7, 11) is 3.34. The first-order chi connectivity index (χ1) is 14.1. The SMILES string of the molecule is COc1ccc(CCNC(=O)[C@H](C)N2CCN(c3ccc(OC)cc3)CC2)cc1. The van der Waals surface area contributed by atoms with Gasteiger partial charge in [-0.15, -0.1) is 0 Å². The van der Waals surface area contributed by atoms with Gasteiger partial charge in [-0.25, -0.2) is 0 Å². The van der Waals surface area contributed by atoms with Crippen LogP contribution in [0.4, 0.5) is 5.69 Å². The second-order valence-electron chi connectivity index (χ2n) is 7.29. The molecule has 0 aromatic heterocycles. The summed E-state index contributed by atoms with van der Waals surface area (Å²) in [5.41, 5.74) is 2.38. The largest absolute Gasteiger partial charge is 0.497 e. The van der Waals surface area contributed by atoms with E-state index in [1.165, 1.54) is 11.3 Å². The number of hydrogen-bond acceptors (Lipinski definition) is 5. The summed E-state index contributed by atoms with van der Waals surface area (Å²) in [6.07, 6.45) is 0.813. The van der Waals surface area contributed by atoms with Gasteiger partial charge >= 0.3 is 0 Å². The van der Waals surface area contributed by atoms with Crippen molar-refractivity contribution in [3.63, 3.8) is 0 Å². The molecule has 2 aromatic carbocycles. The second kappa shape index (κ2) is 10.2. The Morgan fingerprint density at radius 1 is 0.931 bits per heavy atom. The van der Waals surface area contributed by atoms with E-state index in [2.05, 4.69) is 27.2 Å². The number of anilines is 1. The van der Waals surface area contributed by atoms with Gasteiger partial charge in [0.15, 0.2) is 0 Å². The molecule has 1 fully saturated rings.